The van der Waals surface area contributed by atoms with Gasteiger partial charge in [0.2, 0.25) is 0 Å². The van der Waals surface area contributed by atoms with Gasteiger partial charge >= 0.3 is 0 Å². The van der Waals surface area contributed by atoms with Crippen molar-refractivity contribution in [2.75, 3.05) is 19.6 Å². The molecule has 7 heteroatoms. The van der Waals surface area contributed by atoms with Crippen molar-refractivity contribution in [1.82, 2.24) is 14.0 Å². The van der Waals surface area contributed by atoms with Gasteiger partial charge in [0.05, 0.1) is 11.0 Å². The number of rotatable bonds is 8. The van der Waals surface area contributed by atoms with Gasteiger partial charge in [0.25, 0.3) is 0 Å². The van der Waals surface area contributed by atoms with Crippen LogP contribution in [0.5, 0.6) is 0 Å². The first-order valence-corrected chi connectivity index (χ1v) is 11.3. The van der Waals surface area contributed by atoms with Gasteiger partial charge in [-0.2, -0.15) is 0 Å². The van der Waals surface area contributed by atoms with E-state index >= 15 is 0 Å². The number of benzene rings is 2. The number of para-hydroxylation sites is 2. The molecule has 4 rings (SSSR count). The maximum atomic E-state index is 13.0. The van der Waals surface area contributed by atoms with E-state index in [1.165, 1.54) is 17.6 Å². The van der Waals surface area contributed by atoms with E-state index in [4.69, 9.17) is 12.2 Å². The number of nitrogens with zero attached hydrogens (tertiary/aromatic N) is 3. The van der Waals surface area contributed by atoms with Crippen molar-refractivity contribution >= 4 is 46.0 Å². The lowest BCUT2D eigenvalue weighted by atomic mass is 10.0. The Labute approximate surface area is 204 Å². The van der Waals surface area contributed by atoms with Crippen LogP contribution in [0.15, 0.2) is 61.2 Å². The number of hydrogen-bond donors (Lipinski definition) is 0. The quantitative estimate of drug-likeness (QED) is 0.197. The van der Waals surface area contributed by atoms with Gasteiger partial charge in [-0.15, -0.1) is 23.6 Å². The van der Waals surface area contributed by atoms with Crippen LogP contribution in [0.25, 0.3) is 11.0 Å². The number of allylic oxidation sites excluding steroid dienone is 1. The molecule has 2 heterocycles. The van der Waals surface area contributed by atoms with Crippen molar-refractivity contribution in [3.05, 3.63) is 77.3 Å². The molecule has 0 amide bonds. The van der Waals surface area contributed by atoms with Crippen LogP contribution in [-0.2, 0) is 6.54 Å². The average molecular weight is 518 g/mol. The van der Waals surface area contributed by atoms with Crippen LogP contribution in [0, 0.1) is 10.6 Å². The normalized spacial score (nSPS) is 14.9. The van der Waals surface area contributed by atoms with E-state index in [2.05, 4.69) is 44.9 Å². The van der Waals surface area contributed by atoms with Gasteiger partial charge < -0.3 is 14.0 Å². The number of halogens is 2. The minimum Gasteiger partial charge on any atom is -0.313 e. The lowest BCUT2D eigenvalue weighted by Gasteiger charge is -2.32. The van der Waals surface area contributed by atoms with Crippen molar-refractivity contribution in [3.63, 3.8) is 0 Å². The standard InChI is InChI=1S/C25H28FN3OS.BrH/c1-2-15-28-22-6-3-4-7-23(22)29(25(28)31)21-13-17-27(18-14-21)16-5-8-24(30)19-9-11-20(26)12-10-19;/h2-4,6-7,9-12,21H,1,5,8,13-18H2;1H. The summed E-state index contributed by atoms with van der Waals surface area (Å²) in [6, 6.07) is 14.6. The lowest BCUT2D eigenvalue weighted by Crippen LogP contribution is -2.35. The van der Waals surface area contributed by atoms with Gasteiger partial charge in [-0.3, -0.25) is 4.79 Å². The SMILES string of the molecule is Br.C=CCn1c(=S)n(C2CCN(CCCC(=O)c3ccc(F)cc3)CC2)c2ccccc21. The second-order valence-electron chi connectivity index (χ2n) is 8.15. The van der Waals surface area contributed by atoms with E-state index in [9.17, 15) is 9.18 Å². The predicted octanol–water partition coefficient (Wildman–Crippen LogP) is 6.38. The van der Waals surface area contributed by atoms with Gasteiger partial charge in [0.1, 0.15) is 5.82 Å². The zero-order valence-electron chi connectivity index (χ0n) is 18.1. The van der Waals surface area contributed by atoms with Gasteiger partial charge in [-0.1, -0.05) is 18.2 Å². The molecule has 0 saturated carbocycles. The molecule has 1 aliphatic heterocycles. The zero-order chi connectivity index (χ0) is 21.8. The van der Waals surface area contributed by atoms with Crippen molar-refractivity contribution in [2.45, 2.75) is 38.3 Å². The van der Waals surface area contributed by atoms with Gasteiger partial charge in [0.15, 0.2) is 10.6 Å². The van der Waals surface area contributed by atoms with Gasteiger partial charge in [-0.05, 0) is 74.4 Å². The monoisotopic (exact) mass is 517 g/mol. The fraction of sp³-hybridized carbons (Fsp3) is 0.360. The van der Waals surface area contributed by atoms with Gasteiger partial charge in [0, 0.05) is 37.7 Å². The lowest BCUT2D eigenvalue weighted by molar-refractivity contribution is 0.0970. The number of hydrogen-bond acceptors (Lipinski definition) is 3. The summed E-state index contributed by atoms with van der Waals surface area (Å²) >= 11 is 5.83. The van der Waals surface area contributed by atoms with Crippen molar-refractivity contribution in [1.29, 1.82) is 0 Å². The molecule has 170 valence electrons. The molecule has 2 aromatic carbocycles. The molecule has 0 radical (unpaired) electrons. The molecule has 32 heavy (non-hydrogen) atoms. The van der Waals surface area contributed by atoms with E-state index in [0.29, 0.717) is 24.6 Å². The number of carbonyl (C=O) groups excluding carboxylic acids is 1. The zero-order valence-corrected chi connectivity index (χ0v) is 20.6. The number of piperidine rings is 1. The van der Waals surface area contributed by atoms with Crippen molar-refractivity contribution in [3.8, 4) is 0 Å². The van der Waals surface area contributed by atoms with E-state index in [0.717, 1.165) is 49.2 Å². The number of aromatic nitrogens is 2. The Morgan fingerprint density at radius 1 is 1.09 bits per heavy atom. The Balaban J connectivity index is 0.00000289. The minimum absolute atomic E-state index is 0. The van der Waals surface area contributed by atoms with Crippen LogP contribution < -0.4 is 0 Å². The summed E-state index contributed by atoms with van der Waals surface area (Å²) in [5, 5.41) is 0. The summed E-state index contributed by atoms with van der Waals surface area (Å²) in [4.78, 5) is 14.7. The molecular weight excluding hydrogens is 489 g/mol. The molecule has 1 saturated heterocycles. The Morgan fingerprint density at radius 2 is 1.75 bits per heavy atom. The van der Waals surface area contributed by atoms with Crippen LogP contribution in [-0.4, -0.2) is 39.5 Å². The molecule has 0 aliphatic carbocycles. The van der Waals surface area contributed by atoms with Crippen molar-refractivity contribution in [2.24, 2.45) is 0 Å². The maximum Gasteiger partial charge on any atom is 0.181 e. The molecule has 1 aliphatic rings. The average Bonchev–Trinajstić information content (AvgIpc) is 3.06. The highest BCUT2D eigenvalue weighted by Crippen LogP contribution is 2.29. The summed E-state index contributed by atoms with van der Waals surface area (Å²) in [6.07, 6.45) is 5.29. The molecule has 1 aromatic heterocycles. The Kier molecular flexibility index (Phi) is 8.57. The molecule has 0 atom stereocenters. The fourth-order valence-electron chi connectivity index (χ4n) is 4.54. The first kappa shape index (κ1) is 24.6. The second kappa shape index (κ2) is 11.2. The number of ketones is 1. The topological polar surface area (TPSA) is 30.2 Å². The van der Waals surface area contributed by atoms with E-state index in [1.54, 1.807) is 12.1 Å². The van der Waals surface area contributed by atoms with Crippen molar-refractivity contribution < 1.29 is 9.18 Å². The highest BCUT2D eigenvalue weighted by molar-refractivity contribution is 8.93. The van der Waals surface area contributed by atoms with E-state index in [1.807, 2.05) is 6.08 Å². The number of Topliss-reactive ketones (excluding diaryl/α,β-unsaturated/α-hetero) is 1. The first-order valence-electron chi connectivity index (χ1n) is 10.9. The molecule has 0 N–H and O–H groups in total. The van der Waals surface area contributed by atoms with E-state index < -0.39 is 0 Å². The highest BCUT2D eigenvalue weighted by atomic mass is 79.9. The first-order chi connectivity index (χ1) is 15.1. The summed E-state index contributed by atoms with van der Waals surface area (Å²) in [6.45, 7) is 7.49. The smallest absolute Gasteiger partial charge is 0.181 e. The van der Waals surface area contributed by atoms with E-state index in [-0.39, 0.29) is 28.6 Å². The third-order valence-electron chi connectivity index (χ3n) is 6.15. The number of imidazole rings is 1. The highest BCUT2D eigenvalue weighted by Gasteiger charge is 2.23. The molecule has 0 spiro atoms. The Hall–Kier alpha value is -2.09. The Morgan fingerprint density at radius 3 is 2.41 bits per heavy atom. The third kappa shape index (κ3) is 5.27. The number of fused-ring (bicyclic) bond motifs is 1. The number of carbonyl (C=O) groups is 1. The fourth-order valence-corrected chi connectivity index (χ4v) is 4.96. The molecule has 0 unspecified atom stereocenters. The Bertz CT molecular complexity index is 1130. The van der Waals surface area contributed by atoms with Crippen LogP contribution >= 0.6 is 29.2 Å². The summed E-state index contributed by atoms with van der Waals surface area (Å²) in [5.74, 6) is -0.233. The predicted molar refractivity (Wildman–Crippen MR) is 136 cm³/mol. The minimum atomic E-state index is -0.313. The second-order valence-corrected chi connectivity index (χ2v) is 8.51. The summed E-state index contributed by atoms with van der Waals surface area (Å²) < 4.78 is 18.4. The number of likely N-dealkylation sites (tertiary alicyclic amines) is 1. The molecule has 4 nitrogen and oxygen atoms in total. The van der Waals surface area contributed by atoms with Crippen LogP contribution in [0.1, 0.15) is 42.1 Å². The molecule has 1 fully saturated rings. The maximum absolute atomic E-state index is 13.0. The van der Waals surface area contributed by atoms with Crippen LogP contribution in [0.2, 0.25) is 0 Å². The molecular formula is C25H29BrFN3OS. The molecule has 3 aromatic rings. The molecule has 0 bridgehead atoms. The van der Waals surface area contributed by atoms with Crippen LogP contribution in [0.4, 0.5) is 4.39 Å². The largest absolute Gasteiger partial charge is 0.313 e. The third-order valence-corrected chi connectivity index (χ3v) is 6.56. The summed E-state index contributed by atoms with van der Waals surface area (Å²) in [7, 11) is 0. The van der Waals surface area contributed by atoms with Crippen LogP contribution in [0.3, 0.4) is 0 Å². The summed E-state index contributed by atoms with van der Waals surface area (Å²) in [5.41, 5.74) is 2.94. The van der Waals surface area contributed by atoms with Gasteiger partial charge in [-0.25, -0.2) is 4.39 Å².